The molecule has 6 heteroatoms. The van der Waals surface area contributed by atoms with Gasteiger partial charge in [-0.1, -0.05) is 18.2 Å². The number of benzene rings is 1. The summed E-state index contributed by atoms with van der Waals surface area (Å²) < 4.78 is 1.89. The highest BCUT2D eigenvalue weighted by atomic mass is 32.1. The molecule has 1 aromatic carbocycles. The first-order valence-corrected chi connectivity index (χ1v) is 11.1. The smallest absolute Gasteiger partial charge is 0.225 e. The van der Waals surface area contributed by atoms with Gasteiger partial charge < -0.3 is 5.32 Å². The second kappa shape index (κ2) is 8.51. The molecular formula is C23H28N4OS. The molecule has 0 radical (unpaired) electrons. The van der Waals surface area contributed by atoms with Gasteiger partial charge in [0.2, 0.25) is 5.91 Å². The van der Waals surface area contributed by atoms with Gasteiger partial charge in [-0.05, 0) is 64.4 Å². The minimum Gasteiger partial charge on any atom is -0.323 e. The number of nitrogens with zero attached hydrogens (tertiary/aromatic N) is 3. The number of carbonyl (C=O) groups is 1. The van der Waals surface area contributed by atoms with Gasteiger partial charge in [-0.2, -0.15) is 5.10 Å². The number of aromatic nitrogens is 2. The van der Waals surface area contributed by atoms with Gasteiger partial charge in [-0.25, -0.2) is 4.68 Å². The molecule has 1 aliphatic rings. The molecule has 0 spiro atoms. The van der Waals surface area contributed by atoms with Crippen molar-refractivity contribution in [3.8, 4) is 5.69 Å². The number of anilines is 1. The Balaban J connectivity index is 1.40. The molecule has 1 amide bonds. The number of para-hydroxylation sites is 1. The average Bonchev–Trinajstić information content (AvgIpc) is 3.42. The molecule has 29 heavy (non-hydrogen) atoms. The van der Waals surface area contributed by atoms with Gasteiger partial charge >= 0.3 is 0 Å². The van der Waals surface area contributed by atoms with Gasteiger partial charge in [0.1, 0.15) is 0 Å². The van der Waals surface area contributed by atoms with Crippen molar-refractivity contribution in [3.63, 3.8) is 0 Å². The van der Waals surface area contributed by atoms with Crippen molar-refractivity contribution >= 4 is 22.9 Å². The molecule has 0 aliphatic carbocycles. The van der Waals surface area contributed by atoms with Crippen molar-refractivity contribution in [1.82, 2.24) is 14.7 Å². The summed E-state index contributed by atoms with van der Waals surface area (Å²) in [5.41, 5.74) is 3.62. The average molecular weight is 409 g/mol. The third-order valence-electron chi connectivity index (χ3n) is 5.64. The van der Waals surface area contributed by atoms with Crippen LogP contribution in [0.1, 0.15) is 46.4 Å². The van der Waals surface area contributed by atoms with Crippen molar-refractivity contribution < 1.29 is 4.79 Å². The molecule has 4 rings (SSSR count). The summed E-state index contributed by atoms with van der Waals surface area (Å²) in [7, 11) is 0. The van der Waals surface area contributed by atoms with E-state index in [1.165, 1.54) is 22.6 Å². The molecule has 1 N–H and O–H groups in total. The number of rotatable bonds is 6. The van der Waals surface area contributed by atoms with E-state index in [1.54, 1.807) is 0 Å². The minimum absolute atomic E-state index is 0.0526. The molecular weight excluding hydrogens is 380 g/mol. The van der Waals surface area contributed by atoms with E-state index in [2.05, 4.69) is 34.4 Å². The Kier molecular flexibility index (Phi) is 5.83. The van der Waals surface area contributed by atoms with E-state index < -0.39 is 0 Å². The van der Waals surface area contributed by atoms with Crippen LogP contribution in [0.3, 0.4) is 0 Å². The van der Waals surface area contributed by atoms with Gasteiger partial charge in [-0.15, -0.1) is 11.3 Å². The molecule has 2 aromatic heterocycles. The zero-order valence-corrected chi connectivity index (χ0v) is 18.1. The third-order valence-corrected chi connectivity index (χ3v) is 6.74. The number of hydrogen-bond donors (Lipinski definition) is 1. The molecule has 5 nitrogen and oxygen atoms in total. The summed E-state index contributed by atoms with van der Waals surface area (Å²) in [4.78, 5) is 17.9. The Hall–Kier alpha value is -2.44. The Bertz CT molecular complexity index is 992. The van der Waals surface area contributed by atoms with Crippen LogP contribution in [-0.4, -0.2) is 33.7 Å². The normalized spacial score (nSPS) is 17.0. The highest BCUT2D eigenvalue weighted by Gasteiger charge is 2.27. The van der Waals surface area contributed by atoms with Crippen molar-refractivity contribution in [2.75, 3.05) is 18.4 Å². The lowest BCUT2D eigenvalue weighted by molar-refractivity contribution is -0.116. The predicted octanol–water partition coefficient (Wildman–Crippen LogP) is 5.02. The molecule has 1 unspecified atom stereocenters. The number of aryl methyl sites for hydroxylation is 2. The molecule has 3 aromatic rings. The van der Waals surface area contributed by atoms with Crippen molar-refractivity contribution in [2.24, 2.45) is 0 Å². The number of hydrogen-bond acceptors (Lipinski definition) is 4. The van der Waals surface area contributed by atoms with Crippen LogP contribution in [0, 0.1) is 20.8 Å². The lowest BCUT2D eigenvalue weighted by atomic mass is 10.2. The maximum absolute atomic E-state index is 12.7. The lowest BCUT2D eigenvalue weighted by Gasteiger charge is -2.23. The quantitative estimate of drug-likeness (QED) is 0.623. The number of thiophene rings is 1. The van der Waals surface area contributed by atoms with Gasteiger partial charge in [0.15, 0.2) is 0 Å². The van der Waals surface area contributed by atoms with E-state index in [4.69, 9.17) is 0 Å². The fourth-order valence-electron chi connectivity index (χ4n) is 4.14. The summed E-state index contributed by atoms with van der Waals surface area (Å²) in [6, 6.07) is 14.9. The van der Waals surface area contributed by atoms with E-state index in [9.17, 15) is 4.79 Å². The Morgan fingerprint density at radius 2 is 1.97 bits per heavy atom. The molecule has 3 heterocycles. The maximum atomic E-state index is 12.7. The Labute approximate surface area is 176 Å². The number of nitrogens with one attached hydrogen (secondary N) is 1. The number of likely N-dealkylation sites (tertiary alicyclic amines) is 1. The van der Waals surface area contributed by atoms with Crippen LogP contribution in [0.2, 0.25) is 0 Å². The maximum Gasteiger partial charge on any atom is 0.225 e. The second-order valence-corrected chi connectivity index (χ2v) is 9.05. The van der Waals surface area contributed by atoms with Crippen molar-refractivity contribution in [3.05, 3.63) is 63.6 Å². The minimum atomic E-state index is 0.0526. The fraction of sp³-hybridized carbons (Fsp3) is 0.391. The van der Waals surface area contributed by atoms with E-state index in [-0.39, 0.29) is 5.91 Å². The zero-order valence-electron chi connectivity index (χ0n) is 17.3. The monoisotopic (exact) mass is 408 g/mol. The van der Waals surface area contributed by atoms with Gasteiger partial charge in [-0.3, -0.25) is 9.69 Å². The summed E-state index contributed by atoms with van der Waals surface area (Å²) in [6.07, 6.45) is 2.88. The van der Waals surface area contributed by atoms with E-state index in [0.717, 1.165) is 35.9 Å². The van der Waals surface area contributed by atoms with Gasteiger partial charge in [0.25, 0.3) is 0 Å². The Morgan fingerprint density at radius 1 is 1.17 bits per heavy atom. The van der Waals surface area contributed by atoms with E-state index in [0.29, 0.717) is 12.5 Å². The standard InChI is InChI=1S/C23H28N4OS/c1-16-11-12-21(29-16)20-10-7-14-26(20)15-13-22(28)24-23-17(2)25-27(18(23)3)19-8-5-4-6-9-19/h4-6,8-9,11-12,20H,7,10,13-15H2,1-3H3,(H,24,28). The summed E-state index contributed by atoms with van der Waals surface area (Å²) in [6.45, 7) is 7.95. The zero-order chi connectivity index (χ0) is 20.4. The topological polar surface area (TPSA) is 50.2 Å². The van der Waals surface area contributed by atoms with Crippen LogP contribution in [0.15, 0.2) is 42.5 Å². The molecule has 1 saturated heterocycles. The van der Waals surface area contributed by atoms with Gasteiger partial charge in [0.05, 0.1) is 22.8 Å². The molecule has 152 valence electrons. The highest BCUT2D eigenvalue weighted by Crippen LogP contribution is 2.35. The van der Waals surface area contributed by atoms with Crippen LogP contribution < -0.4 is 5.32 Å². The summed E-state index contributed by atoms with van der Waals surface area (Å²) in [5.74, 6) is 0.0526. The number of amides is 1. The summed E-state index contributed by atoms with van der Waals surface area (Å²) >= 11 is 1.88. The molecule has 0 saturated carbocycles. The third kappa shape index (κ3) is 4.28. The molecule has 1 fully saturated rings. The van der Waals surface area contributed by atoms with Crippen LogP contribution in [0.25, 0.3) is 5.69 Å². The van der Waals surface area contributed by atoms with E-state index >= 15 is 0 Å². The SMILES string of the molecule is Cc1ccc(C2CCCN2CCC(=O)Nc2c(C)nn(-c3ccccc3)c2C)s1. The first kappa shape index (κ1) is 19.9. The largest absolute Gasteiger partial charge is 0.323 e. The molecule has 1 atom stereocenters. The van der Waals surface area contributed by atoms with Crippen molar-refractivity contribution in [2.45, 2.75) is 46.1 Å². The number of carbonyl (C=O) groups excluding carboxylic acids is 1. The summed E-state index contributed by atoms with van der Waals surface area (Å²) in [5, 5.41) is 7.72. The molecule has 0 bridgehead atoms. The first-order valence-electron chi connectivity index (χ1n) is 10.2. The predicted molar refractivity (Wildman–Crippen MR) is 119 cm³/mol. The van der Waals surface area contributed by atoms with Crippen LogP contribution in [0.5, 0.6) is 0 Å². The molecule has 1 aliphatic heterocycles. The van der Waals surface area contributed by atoms with Crippen molar-refractivity contribution in [1.29, 1.82) is 0 Å². The van der Waals surface area contributed by atoms with Crippen LogP contribution >= 0.6 is 11.3 Å². The first-order chi connectivity index (χ1) is 14.0. The van der Waals surface area contributed by atoms with E-state index in [1.807, 2.05) is 60.2 Å². The van der Waals surface area contributed by atoms with Crippen LogP contribution in [-0.2, 0) is 4.79 Å². The Morgan fingerprint density at radius 3 is 2.69 bits per heavy atom. The second-order valence-electron chi connectivity index (χ2n) is 7.73. The van der Waals surface area contributed by atoms with Gasteiger partial charge in [0, 0.05) is 28.8 Å². The lowest BCUT2D eigenvalue weighted by Crippen LogP contribution is -2.27. The van der Waals surface area contributed by atoms with Crippen LogP contribution in [0.4, 0.5) is 5.69 Å². The highest BCUT2D eigenvalue weighted by molar-refractivity contribution is 7.12. The fourth-order valence-corrected chi connectivity index (χ4v) is 5.19.